The largest absolute Gasteiger partial charge is 0.378 e. The maximum Gasteiger partial charge on any atom is 0.225 e. The van der Waals surface area contributed by atoms with Crippen LogP contribution in [0.4, 0.5) is 10.1 Å². The molecule has 0 spiro atoms. The standard InChI is InChI=1S/C16H21FN2O2/c17-13-3-5-14(6-4-13)18-7-9-19(10-8-18)16(20)12-15-2-1-11-21-15/h3-6,15H,1-2,7-12H2. The Morgan fingerprint density at radius 2 is 1.90 bits per heavy atom. The molecule has 0 aromatic heterocycles. The van der Waals surface area contributed by atoms with Gasteiger partial charge >= 0.3 is 0 Å². The van der Waals surface area contributed by atoms with Gasteiger partial charge in [0.05, 0.1) is 12.5 Å². The number of nitrogens with zero attached hydrogens (tertiary/aromatic N) is 2. The summed E-state index contributed by atoms with van der Waals surface area (Å²) < 4.78 is 18.5. The Bertz CT molecular complexity index is 478. The van der Waals surface area contributed by atoms with Crippen molar-refractivity contribution in [1.29, 1.82) is 0 Å². The quantitative estimate of drug-likeness (QED) is 0.855. The molecule has 4 nitrogen and oxygen atoms in total. The normalized spacial score (nSPS) is 22.6. The molecule has 1 atom stereocenters. The maximum absolute atomic E-state index is 12.9. The molecule has 114 valence electrons. The van der Waals surface area contributed by atoms with Crippen LogP contribution in [0.3, 0.4) is 0 Å². The summed E-state index contributed by atoms with van der Waals surface area (Å²) in [6.45, 7) is 3.83. The van der Waals surface area contributed by atoms with Crippen LogP contribution in [0.15, 0.2) is 24.3 Å². The summed E-state index contributed by atoms with van der Waals surface area (Å²) in [7, 11) is 0. The molecule has 0 saturated carbocycles. The Labute approximate surface area is 124 Å². The van der Waals surface area contributed by atoms with Gasteiger partial charge in [0.1, 0.15) is 5.82 Å². The lowest BCUT2D eigenvalue weighted by atomic mass is 10.1. The zero-order chi connectivity index (χ0) is 14.7. The van der Waals surface area contributed by atoms with Crippen molar-refractivity contribution in [3.63, 3.8) is 0 Å². The number of hydrogen-bond donors (Lipinski definition) is 0. The number of benzene rings is 1. The van der Waals surface area contributed by atoms with Crippen molar-refractivity contribution in [3.8, 4) is 0 Å². The van der Waals surface area contributed by atoms with Crippen LogP contribution in [0.2, 0.25) is 0 Å². The Kier molecular flexibility index (Phi) is 4.39. The average molecular weight is 292 g/mol. The maximum atomic E-state index is 12.9. The van der Waals surface area contributed by atoms with Crippen LogP contribution in [0.25, 0.3) is 0 Å². The second kappa shape index (κ2) is 6.43. The van der Waals surface area contributed by atoms with Gasteiger partial charge in [-0.05, 0) is 37.1 Å². The summed E-state index contributed by atoms with van der Waals surface area (Å²) in [4.78, 5) is 16.3. The molecule has 2 aliphatic heterocycles. The summed E-state index contributed by atoms with van der Waals surface area (Å²) in [5, 5.41) is 0. The van der Waals surface area contributed by atoms with Crippen molar-refractivity contribution < 1.29 is 13.9 Å². The summed E-state index contributed by atoms with van der Waals surface area (Å²) in [6, 6.07) is 6.53. The summed E-state index contributed by atoms with van der Waals surface area (Å²) >= 11 is 0. The molecular weight excluding hydrogens is 271 g/mol. The lowest BCUT2D eigenvalue weighted by Crippen LogP contribution is -2.49. The minimum Gasteiger partial charge on any atom is -0.378 e. The van der Waals surface area contributed by atoms with Gasteiger partial charge in [-0.3, -0.25) is 4.79 Å². The molecule has 2 fully saturated rings. The van der Waals surface area contributed by atoms with Crippen LogP contribution < -0.4 is 4.90 Å². The Morgan fingerprint density at radius 1 is 1.19 bits per heavy atom. The van der Waals surface area contributed by atoms with E-state index in [0.717, 1.165) is 51.3 Å². The van der Waals surface area contributed by atoms with E-state index in [0.29, 0.717) is 6.42 Å². The molecule has 3 rings (SSSR count). The topological polar surface area (TPSA) is 32.8 Å². The lowest BCUT2D eigenvalue weighted by molar-refractivity contribution is -0.133. The number of hydrogen-bond acceptors (Lipinski definition) is 3. The van der Waals surface area contributed by atoms with E-state index >= 15 is 0 Å². The Hall–Kier alpha value is -1.62. The third-order valence-electron chi connectivity index (χ3n) is 4.25. The first kappa shape index (κ1) is 14.3. The number of halogens is 1. The van der Waals surface area contributed by atoms with Gasteiger partial charge < -0.3 is 14.5 Å². The molecular formula is C16H21FN2O2. The smallest absolute Gasteiger partial charge is 0.225 e. The minimum absolute atomic E-state index is 0.118. The molecule has 5 heteroatoms. The molecule has 1 unspecified atom stereocenters. The molecule has 0 N–H and O–H groups in total. The molecule has 2 saturated heterocycles. The van der Waals surface area contributed by atoms with Crippen LogP contribution in [0.1, 0.15) is 19.3 Å². The predicted octanol–water partition coefficient (Wildman–Crippen LogP) is 2.04. The number of carbonyl (C=O) groups excluding carboxylic acids is 1. The van der Waals surface area contributed by atoms with E-state index in [4.69, 9.17) is 4.74 Å². The van der Waals surface area contributed by atoms with Crippen molar-refractivity contribution in [1.82, 2.24) is 4.90 Å². The highest BCUT2D eigenvalue weighted by Gasteiger charge is 2.25. The number of ether oxygens (including phenoxy) is 1. The molecule has 1 aromatic carbocycles. The molecule has 0 bridgehead atoms. The van der Waals surface area contributed by atoms with Crippen LogP contribution >= 0.6 is 0 Å². The first-order valence-corrected chi connectivity index (χ1v) is 7.62. The highest BCUT2D eigenvalue weighted by Crippen LogP contribution is 2.19. The summed E-state index contributed by atoms with van der Waals surface area (Å²) in [6.07, 6.45) is 2.70. The molecule has 0 radical (unpaired) electrons. The lowest BCUT2D eigenvalue weighted by Gasteiger charge is -2.36. The molecule has 1 amide bonds. The van der Waals surface area contributed by atoms with Gasteiger partial charge in [0.2, 0.25) is 5.91 Å². The second-order valence-corrected chi connectivity index (χ2v) is 5.68. The van der Waals surface area contributed by atoms with Crippen LogP contribution in [0, 0.1) is 5.82 Å². The van der Waals surface area contributed by atoms with E-state index < -0.39 is 0 Å². The van der Waals surface area contributed by atoms with Gasteiger partial charge in [0.25, 0.3) is 0 Å². The predicted molar refractivity (Wildman–Crippen MR) is 78.8 cm³/mol. The van der Waals surface area contributed by atoms with Gasteiger partial charge in [-0.15, -0.1) is 0 Å². The fourth-order valence-electron chi connectivity index (χ4n) is 3.00. The van der Waals surface area contributed by atoms with Gasteiger partial charge in [0.15, 0.2) is 0 Å². The van der Waals surface area contributed by atoms with Crippen molar-refractivity contribution in [2.75, 3.05) is 37.7 Å². The SMILES string of the molecule is O=C(CC1CCCO1)N1CCN(c2ccc(F)cc2)CC1. The van der Waals surface area contributed by atoms with E-state index in [9.17, 15) is 9.18 Å². The third-order valence-corrected chi connectivity index (χ3v) is 4.25. The van der Waals surface area contributed by atoms with E-state index in [-0.39, 0.29) is 17.8 Å². The van der Waals surface area contributed by atoms with Crippen LogP contribution in [-0.4, -0.2) is 49.7 Å². The second-order valence-electron chi connectivity index (χ2n) is 5.68. The van der Waals surface area contributed by atoms with E-state index in [2.05, 4.69) is 4.90 Å². The van der Waals surface area contributed by atoms with Gasteiger partial charge in [0, 0.05) is 38.5 Å². The molecule has 21 heavy (non-hydrogen) atoms. The fourth-order valence-corrected chi connectivity index (χ4v) is 3.00. The highest BCUT2D eigenvalue weighted by molar-refractivity contribution is 5.77. The zero-order valence-corrected chi connectivity index (χ0v) is 12.1. The fraction of sp³-hybridized carbons (Fsp3) is 0.562. The van der Waals surface area contributed by atoms with Crippen molar-refractivity contribution >= 4 is 11.6 Å². The molecule has 2 heterocycles. The first-order valence-electron chi connectivity index (χ1n) is 7.62. The third kappa shape index (κ3) is 3.53. The molecule has 1 aromatic rings. The highest BCUT2D eigenvalue weighted by atomic mass is 19.1. The number of amides is 1. The Morgan fingerprint density at radius 3 is 2.52 bits per heavy atom. The average Bonchev–Trinajstić information content (AvgIpc) is 3.01. The first-order chi connectivity index (χ1) is 10.2. The molecule has 0 aliphatic carbocycles. The Balaban J connectivity index is 1.50. The van der Waals surface area contributed by atoms with Crippen LogP contribution in [-0.2, 0) is 9.53 Å². The number of anilines is 1. The van der Waals surface area contributed by atoms with E-state index in [1.54, 1.807) is 12.1 Å². The zero-order valence-electron chi connectivity index (χ0n) is 12.1. The number of piperazine rings is 1. The van der Waals surface area contributed by atoms with Crippen LogP contribution in [0.5, 0.6) is 0 Å². The number of rotatable bonds is 3. The monoisotopic (exact) mass is 292 g/mol. The van der Waals surface area contributed by atoms with Gasteiger partial charge in [-0.2, -0.15) is 0 Å². The summed E-state index contributed by atoms with van der Waals surface area (Å²) in [5.74, 6) is -0.0233. The minimum atomic E-state index is -0.218. The summed E-state index contributed by atoms with van der Waals surface area (Å²) in [5.41, 5.74) is 1.02. The van der Waals surface area contributed by atoms with Crippen molar-refractivity contribution in [3.05, 3.63) is 30.1 Å². The number of carbonyl (C=O) groups is 1. The van der Waals surface area contributed by atoms with Gasteiger partial charge in [-0.25, -0.2) is 4.39 Å². The van der Waals surface area contributed by atoms with Crippen molar-refractivity contribution in [2.45, 2.75) is 25.4 Å². The van der Waals surface area contributed by atoms with Crippen molar-refractivity contribution in [2.24, 2.45) is 0 Å². The van der Waals surface area contributed by atoms with E-state index in [1.165, 1.54) is 12.1 Å². The van der Waals surface area contributed by atoms with Gasteiger partial charge in [-0.1, -0.05) is 0 Å². The van der Waals surface area contributed by atoms with E-state index in [1.807, 2.05) is 4.90 Å². The molecule has 2 aliphatic rings.